The maximum absolute atomic E-state index is 11.2. The lowest BCUT2D eigenvalue weighted by Crippen LogP contribution is -2.61. The van der Waals surface area contributed by atoms with Gasteiger partial charge in [-0.1, -0.05) is 19.8 Å². The highest BCUT2D eigenvalue weighted by Gasteiger charge is 2.66. The third-order valence-corrected chi connectivity index (χ3v) is 6.31. The standard InChI is InChI=1S/C16H26O2/c1-2-3-4-16(10-18-16)14-13-6-11-5-12(7-13)9-15(14,17)8-11/h11-14,17H,2-10H2,1H3. The van der Waals surface area contributed by atoms with Crippen molar-refractivity contribution in [2.75, 3.05) is 6.61 Å². The number of hydrogen-bond acceptors (Lipinski definition) is 2. The number of epoxide rings is 1. The monoisotopic (exact) mass is 250 g/mol. The van der Waals surface area contributed by atoms with Crippen molar-refractivity contribution in [3.8, 4) is 0 Å². The molecule has 5 fully saturated rings. The summed E-state index contributed by atoms with van der Waals surface area (Å²) < 4.78 is 5.93. The average Bonchev–Trinajstić information content (AvgIpc) is 3.04. The van der Waals surface area contributed by atoms with Crippen LogP contribution in [0.4, 0.5) is 0 Å². The van der Waals surface area contributed by atoms with Crippen LogP contribution in [0.5, 0.6) is 0 Å². The van der Waals surface area contributed by atoms with E-state index in [0.29, 0.717) is 5.92 Å². The molecule has 5 aliphatic rings. The van der Waals surface area contributed by atoms with Gasteiger partial charge in [-0.25, -0.2) is 0 Å². The molecule has 18 heavy (non-hydrogen) atoms. The molecule has 4 aliphatic carbocycles. The predicted octanol–water partition coefficient (Wildman–Crippen LogP) is 3.13. The minimum absolute atomic E-state index is 0.0860. The molecule has 0 radical (unpaired) electrons. The second-order valence-electron chi connectivity index (χ2n) is 7.65. The van der Waals surface area contributed by atoms with Gasteiger partial charge in [-0.15, -0.1) is 0 Å². The van der Waals surface area contributed by atoms with Crippen molar-refractivity contribution in [3.05, 3.63) is 0 Å². The molecule has 4 atom stereocenters. The Bertz CT molecular complexity index is 333. The number of hydrogen-bond donors (Lipinski definition) is 1. The van der Waals surface area contributed by atoms with Crippen LogP contribution in [0.25, 0.3) is 0 Å². The molecule has 1 aliphatic heterocycles. The van der Waals surface area contributed by atoms with E-state index in [9.17, 15) is 5.11 Å². The van der Waals surface area contributed by atoms with E-state index in [1.807, 2.05) is 0 Å². The molecule has 0 amide bonds. The van der Waals surface area contributed by atoms with E-state index in [1.54, 1.807) is 0 Å². The smallest absolute Gasteiger partial charge is 0.0974 e. The second-order valence-corrected chi connectivity index (χ2v) is 7.65. The number of unbranched alkanes of at least 4 members (excludes halogenated alkanes) is 1. The van der Waals surface area contributed by atoms with Crippen molar-refractivity contribution >= 4 is 0 Å². The highest BCUT2D eigenvalue weighted by Crippen LogP contribution is 2.64. The summed E-state index contributed by atoms with van der Waals surface area (Å²) in [6.45, 7) is 3.17. The van der Waals surface area contributed by atoms with Gasteiger partial charge in [-0.2, -0.15) is 0 Å². The SMILES string of the molecule is CCCCC1(C2C3CC4CC(C3)CC2(O)C4)CO1. The molecule has 102 valence electrons. The molecule has 4 bridgehead atoms. The van der Waals surface area contributed by atoms with E-state index in [0.717, 1.165) is 37.2 Å². The Morgan fingerprint density at radius 2 is 1.83 bits per heavy atom. The van der Waals surface area contributed by atoms with Gasteiger partial charge in [0.1, 0.15) is 0 Å². The van der Waals surface area contributed by atoms with Crippen LogP contribution >= 0.6 is 0 Å². The number of rotatable bonds is 4. The third-order valence-electron chi connectivity index (χ3n) is 6.31. The van der Waals surface area contributed by atoms with Crippen molar-refractivity contribution < 1.29 is 9.84 Å². The predicted molar refractivity (Wildman–Crippen MR) is 70.2 cm³/mol. The molecule has 0 aromatic heterocycles. The first-order chi connectivity index (χ1) is 8.65. The van der Waals surface area contributed by atoms with Gasteiger partial charge in [0.15, 0.2) is 0 Å². The van der Waals surface area contributed by atoms with Gasteiger partial charge in [0.2, 0.25) is 0 Å². The summed E-state index contributed by atoms with van der Waals surface area (Å²) in [5.74, 6) is 2.88. The molecule has 1 saturated heterocycles. The zero-order chi connectivity index (χ0) is 12.4. The Balaban J connectivity index is 1.61. The Morgan fingerprint density at radius 3 is 2.33 bits per heavy atom. The molecule has 0 aromatic rings. The van der Waals surface area contributed by atoms with Crippen LogP contribution in [0, 0.1) is 23.7 Å². The van der Waals surface area contributed by atoms with Crippen molar-refractivity contribution in [1.29, 1.82) is 0 Å². The summed E-state index contributed by atoms with van der Waals surface area (Å²) in [6.07, 6.45) is 9.97. The van der Waals surface area contributed by atoms with Crippen LogP contribution in [0.15, 0.2) is 0 Å². The van der Waals surface area contributed by atoms with Crippen molar-refractivity contribution in [2.24, 2.45) is 23.7 Å². The minimum atomic E-state index is -0.362. The Labute approximate surface area is 110 Å². The fourth-order valence-corrected chi connectivity index (χ4v) is 5.96. The molecular formula is C16H26O2. The van der Waals surface area contributed by atoms with Gasteiger partial charge in [0, 0.05) is 5.92 Å². The third kappa shape index (κ3) is 1.54. The summed E-state index contributed by atoms with van der Waals surface area (Å²) in [5.41, 5.74) is -0.276. The van der Waals surface area contributed by atoms with E-state index in [1.165, 1.54) is 38.5 Å². The Hall–Kier alpha value is -0.0800. The molecule has 0 spiro atoms. The first-order valence-electron chi connectivity index (χ1n) is 8.01. The lowest BCUT2D eigenvalue weighted by Gasteiger charge is -2.60. The summed E-state index contributed by atoms with van der Waals surface area (Å²) in [6, 6.07) is 0. The van der Waals surface area contributed by atoms with Gasteiger partial charge in [-0.3, -0.25) is 0 Å². The lowest BCUT2D eigenvalue weighted by molar-refractivity contribution is -0.192. The maximum Gasteiger partial charge on any atom is 0.0974 e. The summed E-state index contributed by atoms with van der Waals surface area (Å²) in [4.78, 5) is 0. The van der Waals surface area contributed by atoms with Crippen molar-refractivity contribution in [1.82, 2.24) is 0 Å². The normalized spacial score (nSPS) is 57.0. The van der Waals surface area contributed by atoms with Crippen LogP contribution < -0.4 is 0 Å². The second kappa shape index (κ2) is 3.73. The molecule has 4 saturated carbocycles. The number of aliphatic hydroxyl groups is 1. The van der Waals surface area contributed by atoms with Gasteiger partial charge in [0.05, 0.1) is 17.8 Å². The highest BCUT2D eigenvalue weighted by molar-refractivity contribution is 5.16. The highest BCUT2D eigenvalue weighted by atomic mass is 16.6. The zero-order valence-corrected chi connectivity index (χ0v) is 11.5. The lowest BCUT2D eigenvalue weighted by atomic mass is 9.47. The minimum Gasteiger partial charge on any atom is -0.389 e. The van der Waals surface area contributed by atoms with Gasteiger partial charge < -0.3 is 9.84 Å². The summed E-state index contributed by atoms with van der Waals surface area (Å²) in [5, 5.41) is 11.2. The maximum atomic E-state index is 11.2. The van der Waals surface area contributed by atoms with E-state index >= 15 is 0 Å². The molecule has 2 nitrogen and oxygen atoms in total. The van der Waals surface area contributed by atoms with Gasteiger partial charge in [0.25, 0.3) is 0 Å². The molecule has 1 N–H and O–H groups in total. The van der Waals surface area contributed by atoms with Crippen LogP contribution in [-0.4, -0.2) is 22.9 Å². The van der Waals surface area contributed by atoms with E-state index in [2.05, 4.69) is 6.92 Å². The quantitative estimate of drug-likeness (QED) is 0.778. The molecule has 5 rings (SSSR count). The molecule has 4 unspecified atom stereocenters. The molecule has 1 heterocycles. The van der Waals surface area contributed by atoms with Crippen molar-refractivity contribution in [2.45, 2.75) is 69.5 Å². The first-order valence-corrected chi connectivity index (χ1v) is 8.01. The summed E-state index contributed by atoms with van der Waals surface area (Å²) in [7, 11) is 0. The van der Waals surface area contributed by atoms with Crippen LogP contribution in [-0.2, 0) is 4.74 Å². The molecular weight excluding hydrogens is 224 g/mol. The fraction of sp³-hybridized carbons (Fsp3) is 1.00. The van der Waals surface area contributed by atoms with E-state index in [4.69, 9.17) is 4.74 Å². The van der Waals surface area contributed by atoms with Crippen LogP contribution in [0.1, 0.15) is 58.3 Å². The van der Waals surface area contributed by atoms with E-state index < -0.39 is 0 Å². The van der Waals surface area contributed by atoms with E-state index in [-0.39, 0.29) is 11.2 Å². The Kier molecular flexibility index (Phi) is 2.43. The largest absolute Gasteiger partial charge is 0.389 e. The average molecular weight is 250 g/mol. The number of ether oxygens (including phenoxy) is 1. The molecule has 0 aromatic carbocycles. The van der Waals surface area contributed by atoms with Gasteiger partial charge in [-0.05, 0) is 56.3 Å². The topological polar surface area (TPSA) is 32.8 Å². The zero-order valence-electron chi connectivity index (χ0n) is 11.5. The van der Waals surface area contributed by atoms with Crippen LogP contribution in [0.2, 0.25) is 0 Å². The van der Waals surface area contributed by atoms with Crippen LogP contribution in [0.3, 0.4) is 0 Å². The summed E-state index contributed by atoms with van der Waals surface area (Å²) >= 11 is 0. The fourth-order valence-electron chi connectivity index (χ4n) is 5.96. The first kappa shape index (κ1) is 11.7. The Morgan fingerprint density at radius 1 is 1.17 bits per heavy atom. The van der Waals surface area contributed by atoms with Crippen molar-refractivity contribution in [3.63, 3.8) is 0 Å². The van der Waals surface area contributed by atoms with Gasteiger partial charge >= 0.3 is 0 Å². The molecule has 2 heteroatoms.